The third kappa shape index (κ3) is 5.15. The average Bonchev–Trinajstić information content (AvgIpc) is 3.02. The molecule has 2 aromatic rings. The zero-order valence-corrected chi connectivity index (χ0v) is 18.0. The van der Waals surface area contributed by atoms with Crippen LogP contribution in [0.25, 0.3) is 0 Å². The van der Waals surface area contributed by atoms with Crippen LogP contribution in [0.15, 0.2) is 66.0 Å². The number of nitrogens with zero attached hydrogens (tertiary/aromatic N) is 1. The first-order chi connectivity index (χ1) is 16.5. The summed E-state index contributed by atoms with van der Waals surface area (Å²) in [7, 11) is 2.03. The fourth-order valence-electron chi connectivity index (χ4n) is 3.08. The molecule has 3 rings (SSSR count). The fraction of sp³-hybridized carbons (Fsp3) is 0.130. The summed E-state index contributed by atoms with van der Waals surface area (Å²) >= 11 is 0. The topological polar surface area (TPSA) is 65.1 Å². The molecule has 0 N–H and O–H groups in total. The molecule has 0 saturated carbocycles. The van der Waals surface area contributed by atoms with E-state index in [1.165, 1.54) is 18.2 Å². The molecule has 0 aromatic heterocycles. The van der Waals surface area contributed by atoms with Crippen molar-refractivity contribution in [2.75, 3.05) is 19.1 Å². The van der Waals surface area contributed by atoms with Gasteiger partial charge >= 0.3 is 18.1 Å². The maximum absolute atomic E-state index is 15.0. The average molecular weight is 499 g/mol. The van der Waals surface area contributed by atoms with Crippen molar-refractivity contribution in [3.05, 3.63) is 89.0 Å². The summed E-state index contributed by atoms with van der Waals surface area (Å²) in [6, 6.07) is 3.09. The maximum atomic E-state index is 15.0. The molecule has 6 nitrogen and oxygen atoms in total. The SMILES string of the molecule is COC(=O)C1=C(C(=O)OC)N(c2c(F)cccc2Oc2c(F)cc(C(F)(F)F)cc2F)C=CC=C1. The summed E-state index contributed by atoms with van der Waals surface area (Å²) in [6.45, 7) is 0. The van der Waals surface area contributed by atoms with Crippen LogP contribution in [0.5, 0.6) is 11.5 Å². The molecular weight excluding hydrogens is 484 g/mol. The van der Waals surface area contributed by atoms with Gasteiger partial charge in [-0.2, -0.15) is 13.2 Å². The van der Waals surface area contributed by atoms with Crippen LogP contribution in [0.3, 0.4) is 0 Å². The van der Waals surface area contributed by atoms with Gasteiger partial charge in [0.15, 0.2) is 29.0 Å². The molecule has 0 saturated heterocycles. The number of hydrogen-bond donors (Lipinski definition) is 0. The van der Waals surface area contributed by atoms with E-state index in [-0.39, 0.29) is 17.7 Å². The second-order valence-electron chi connectivity index (χ2n) is 6.77. The van der Waals surface area contributed by atoms with Crippen molar-refractivity contribution in [3.8, 4) is 11.5 Å². The smallest absolute Gasteiger partial charge is 0.416 e. The highest BCUT2D eigenvalue weighted by Gasteiger charge is 2.34. The number of ether oxygens (including phenoxy) is 3. The molecule has 0 amide bonds. The van der Waals surface area contributed by atoms with Gasteiger partial charge in [0.25, 0.3) is 0 Å². The van der Waals surface area contributed by atoms with Gasteiger partial charge in [-0.05, 0) is 36.4 Å². The van der Waals surface area contributed by atoms with Gasteiger partial charge in [0.1, 0.15) is 11.4 Å². The Morgan fingerprint density at radius 1 is 0.886 bits per heavy atom. The summed E-state index contributed by atoms with van der Waals surface area (Å²) in [5.74, 6) is -8.44. The number of carbonyl (C=O) groups excluding carboxylic acids is 2. The standard InChI is InChI=1S/C23H15F6NO5/c1-33-21(31)13-6-3-4-9-30(18(13)22(32)34-2)19-14(24)7-5-8-17(19)35-20-15(25)10-12(11-16(20)26)23(27,28)29/h3-11H,1-2H3. The quantitative estimate of drug-likeness (QED) is 0.405. The minimum Gasteiger partial charge on any atom is -0.465 e. The minimum absolute atomic E-state index is 0.0162. The summed E-state index contributed by atoms with van der Waals surface area (Å²) in [6.07, 6.45) is -0.0900. The number of rotatable bonds is 5. The highest BCUT2D eigenvalue weighted by atomic mass is 19.4. The van der Waals surface area contributed by atoms with Crippen LogP contribution < -0.4 is 9.64 Å². The fourth-order valence-corrected chi connectivity index (χ4v) is 3.08. The van der Waals surface area contributed by atoms with Gasteiger partial charge in [-0.3, -0.25) is 0 Å². The van der Waals surface area contributed by atoms with Crippen LogP contribution in [0.4, 0.5) is 32.0 Å². The number of anilines is 1. The maximum Gasteiger partial charge on any atom is 0.416 e. The van der Waals surface area contributed by atoms with E-state index in [1.807, 2.05) is 0 Å². The molecule has 12 heteroatoms. The van der Waals surface area contributed by atoms with E-state index in [0.717, 1.165) is 43.5 Å². The normalized spacial score (nSPS) is 13.5. The Morgan fingerprint density at radius 2 is 1.51 bits per heavy atom. The Morgan fingerprint density at radius 3 is 2.09 bits per heavy atom. The summed E-state index contributed by atoms with van der Waals surface area (Å²) in [5, 5.41) is 0. The first kappa shape index (κ1) is 25.4. The molecule has 1 heterocycles. The Labute approximate surface area is 194 Å². The Balaban J connectivity index is 2.20. The van der Waals surface area contributed by atoms with Crippen molar-refractivity contribution in [1.82, 2.24) is 0 Å². The lowest BCUT2D eigenvalue weighted by atomic mass is 10.1. The van der Waals surface area contributed by atoms with Crippen molar-refractivity contribution in [2.45, 2.75) is 6.18 Å². The Kier molecular flexibility index (Phi) is 7.22. The van der Waals surface area contributed by atoms with Gasteiger partial charge in [0, 0.05) is 6.20 Å². The lowest BCUT2D eigenvalue weighted by Crippen LogP contribution is -2.28. The van der Waals surface area contributed by atoms with Gasteiger partial charge in [0.2, 0.25) is 0 Å². The molecule has 1 aliphatic rings. The minimum atomic E-state index is -5.03. The lowest BCUT2D eigenvalue weighted by molar-refractivity contribution is -0.139. The zero-order valence-electron chi connectivity index (χ0n) is 18.0. The number of para-hydroxylation sites is 1. The lowest BCUT2D eigenvalue weighted by Gasteiger charge is -2.25. The van der Waals surface area contributed by atoms with Gasteiger partial charge < -0.3 is 19.1 Å². The first-order valence-electron chi connectivity index (χ1n) is 9.57. The number of halogens is 6. The predicted molar refractivity (Wildman–Crippen MR) is 110 cm³/mol. The number of hydrogen-bond acceptors (Lipinski definition) is 6. The molecule has 0 radical (unpaired) electrons. The van der Waals surface area contributed by atoms with Crippen LogP contribution in [0.2, 0.25) is 0 Å². The van der Waals surface area contributed by atoms with E-state index in [4.69, 9.17) is 9.47 Å². The molecule has 0 bridgehead atoms. The summed E-state index contributed by atoms with van der Waals surface area (Å²) < 4.78 is 96.9. The van der Waals surface area contributed by atoms with Crippen molar-refractivity contribution in [3.63, 3.8) is 0 Å². The number of esters is 2. The molecule has 0 spiro atoms. The molecule has 0 atom stereocenters. The van der Waals surface area contributed by atoms with Crippen LogP contribution in [-0.2, 0) is 25.2 Å². The van der Waals surface area contributed by atoms with Crippen molar-refractivity contribution >= 4 is 17.6 Å². The number of allylic oxidation sites excluding steroid dienone is 2. The second-order valence-corrected chi connectivity index (χ2v) is 6.77. The monoisotopic (exact) mass is 499 g/mol. The molecule has 184 valence electrons. The van der Waals surface area contributed by atoms with Gasteiger partial charge in [-0.25, -0.2) is 22.8 Å². The number of alkyl halides is 3. The van der Waals surface area contributed by atoms with Gasteiger partial charge in [-0.1, -0.05) is 12.1 Å². The molecule has 1 aliphatic heterocycles. The molecule has 2 aromatic carbocycles. The molecule has 0 aliphatic carbocycles. The van der Waals surface area contributed by atoms with E-state index < -0.39 is 64.0 Å². The number of methoxy groups -OCH3 is 2. The van der Waals surface area contributed by atoms with Crippen LogP contribution >= 0.6 is 0 Å². The van der Waals surface area contributed by atoms with E-state index in [2.05, 4.69) is 4.74 Å². The van der Waals surface area contributed by atoms with Crippen molar-refractivity contribution < 1.29 is 50.1 Å². The largest absolute Gasteiger partial charge is 0.465 e. The first-order valence-corrected chi connectivity index (χ1v) is 9.57. The van der Waals surface area contributed by atoms with E-state index >= 15 is 4.39 Å². The third-order valence-electron chi connectivity index (χ3n) is 4.62. The van der Waals surface area contributed by atoms with Gasteiger partial charge in [-0.15, -0.1) is 0 Å². The molecule has 0 unspecified atom stereocenters. The Bertz CT molecular complexity index is 1240. The van der Waals surface area contributed by atoms with E-state index in [0.29, 0.717) is 0 Å². The third-order valence-corrected chi connectivity index (χ3v) is 4.62. The molecule has 35 heavy (non-hydrogen) atoms. The van der Waals surface area contributed by atoms with Crippen LogP contribution in [-0.4, -0.2) is 26.2 Å². The van der Waals surface area contributed by atoms with E-state index in [1.54, 1.807) is 0 Å². The number of carbonyl (C=O) groups is 2. The Hall–Kier alpha value is -4.22. The second kappa shape index (κ2) is 9.95. The van der Waals surface area contributed by atoms with Gasteiger partial charge in [0.05, 0.1) is 25.4 Å². The highest BCUT2D eigenvalue weighted by Crippen LogP contribution is 2.41. The summed E-state index contributed by atoms with van der Waals surface area (Å²) in [5.41, 5.74) is -3.09. The summed E-state index contributed by atoms with van der Waals surface area (Å²) in [4.78, 5) is 25.7. The number of benzene rings is 2. The van der Waals surface area contributed by atoms with Crippen LogP contribution in [0.1, 0.15) is 5.56 Å². The van der Waals surface area contributed by atoms with E-state index in [9.17, 15) is 31.5 Å². The van der Waals surface area contributed by atoms with Crippen LogP contribution in [0, 0.1) is 17.5 Å². The van der Waals surface area contributed by atoms with Crippen molar-refractivity contribution in [1.29, 1.82) is 0 Å². The molecule has 0 fully saturated rings. The predicted octanol–water partition coefficient (Wildman–Crippen LogP) is 5.41. The zero-order chi connectivity index (χ0) is 25.9. The van der Waals surface area contributed by atoms with Crippen molar-refractivity contribution in [2.24, 2.45) is 0 Å². The molecular formula is C23H15F6NO5. The highest BCUT2D eigenvalue weighted by molar-refractivity contribution is 6.05.